The first kappa shape index (κ1) is 12.2. The van der Waals surface area contributed by atoms with Gasteiger partial charge < -0.3 is 11.1 Å². The first-order valence-electron chi connectivity index (χ1n) is 6.85. The van der Waals surface area contributed by atoms with Gasteiger partial charge in [0, 0.05) is 17.6 Å². The van der Waals surface area contributed by atoms with E-state index in [0.717, 1.165) is 29.0 Å². The maximum Gasteiger partial charge on any atom is 0.137 e. The molecule has 0 saturated heterocycles. The Morgan fingerprint density at radius 3 is 2.79 bits per heavy atom. The summed E-state index contributed by atoms with van der Waals surface area (Å²) in [6.07, 6.45) is 4.22. The van der Waals surface area contributed by atoms with Crippen LogP contribution in [0.4, 0.5) is 11.5 Å². The van der Waals surface area contributed by atoms with Gasteiger partial charge in [0.15, 0.2) is 0 Å². The fourth-order valence-corrected chi connectivity index (χ4v) is 2.59. The minimum atomic E-state index is 0.463. The zero-order valence-electron chi connectivity index (χ0n) is 11.5. The van der Waals surface area contributed by atoms with Crippen molar-refractivity contribution in [1.29, 1.82) is 0 Å². The highest BCUT2D eigenvalue weighted by Crippen LogP contribution is 2.51. The fraction of sp³-hybridized carbons (Fsp3) is 0.467. The van der Waals surface area contributed by atoms with E-state index in [2.05, 4.69) is 29.1 Å². The molecule has 1 saturated carbocycles. The maximum atomic E-state index is 5.79. The van der Waals surface area contributed by atoms with Gasteiger partial charge >= 0.3 is 0 Å². The molecule has 100 valence electrons. The number of fused-ring (bicyclic) bond motifs is 1. The lowest BCUT2D eigenvalue weighted by atomic mass is 9.92. The summed E-state index contributed by atoms with van der Waals surface area (Å²) < 4.78 is 0. The molecular weight excluding hydrogens is 236 g/mol. The van der Waals surface area contributed by atoms with E-state index in [1.807, 2.05) is 18.2 Å². The summed E-state index contributed by atoms with van der Waals surface area (Å²) in [6, 6.07) is 5.77. The number of nitrogens with one attached hydrogen (secondary N) is 1. The van der Waals surface area contributed by atoms with Crippen LogP contribution in [-0.2, 0) is 0 Å². The number of rotatable bonds is 4. The monoisotopic (exact) mass is 256 g/mol. The Kier molecular flexibility index (Phi) is 2.81. The quantitative estimate of drug-likeness (QED) is 0.825. The third-order valence-corrected chi connectivity index (χ3v) is 4.39. The van der Waals surface area contributed by atoms with Crippen LogP contribution in [0, 0.1) is 11.3 Å². The van der Waals surface area contributed by atoms with Crippen molar-refractivity contribution in [2.75, 3.05) is 17.6 Å². The van der Waals surface area contributed by atoms with Gasteiger partial charge in [-0.25, -0.2) is 9.97 Å². The molecule has 1 aromatic heterocycles. The minimum absolute atomic E-state index is 0.463. The van der Waals surface area contributed by atoms with Gasteiger partial charge in [0.2, 0.25) is 0 Å². The van der Waals surface area contributed by atoms with Crippen molar-refractivity contribution in [2.45, 2.75) is 26.7 Å². The molecule has 1 aliphatic carbocycles. The van der Waals surface area contributed by atoms with E-state index < -0.39 is 0 Å². The lowest BCUT2D eigenvalue weighted by Crippen LogP contribution is -2.21. The largest absolute Gasteiger partial charge is 0.399 e. The summed E-state index contributed by atoms with van der Waals surface area (Å²) in [5, 5.41) is 4.54. The first-order valence-corrected chi connectivity index (χ1v) is 6.85. The Balaban J connectivity index is 1.85. The number of nitrogens with zero attached hydrogens (tertiary/aromatic N) is 2. The van der Waals surface area contributed by atoms with E-state index in [-0.39, 0.29) is 0 Å². The molecule has 3 N–H and O–H groups in total. The molecule has 0 unspecified atom stereocenters. The number of nitrogen functional groups attached to an aromatic ring is 1. The van der Waals surface area contributed by atoms with Crippen molar-refractivity contribution in [3.63, 3.8) is 0 Å². The van der Waals surface area contributed by atoms with Crippen molar-refractivity contribution < 1.29 is 0 Å². The summed E-state index contributed by atoms with van der Waals surface area (Å²) in [5.41, 5.74) is 7.88. The number of hydrogen-bond donors (Lipinski definition) is 2. The van der Waals surface area contributed by atoms with E-state index in [0.29, 0.717) is 11.3 Å². The van der Waals surface area contributed by atoms with E-state index in [9.17, 15) is 0 Å². The van der Waals surface area contributed by atoms with Gasteiger partial charge in [-0.1, -0.05) is 13.8 Å². The minimum Gasteiger partial charge on any atom is -0.399 e. The van der Waals surface area contributed by atoms with Gasteiger partial charge in [-0.05, 0) is 42.4 Å². The molecule has 4 heteroatoms. The Hall–Kier alpha value is -1.84. The molecule has 1 aromatic carbocycles. The summed E-state index contributed by atoms with van der Waals surface area (Å²) >= 11 is 0. The third-order valence-electron chi connectivity index (χ3n) is 4.39. The number of hydrogen-bond acceptors (Lipinski definition) is 4. The average Bonchev–Trinajstić information content (AvgIpc) is 3.17. The topological polar surface area (TPSA) is 63.8 Å². The normalized spacial score (nSPS) is 16.8. The Morgan fingerprint density at radius 2 is 2.11 bits per heavy atom. The molecule has 0 spiro atoms. The van der Waals surface area contributed by atoms with Crippen molar-refractivity contribution in [3.05, 3.63) is 24.5 Å². The third kappa shape index (κ3) is 2.23. The molecule has 0 bridgehead atoms. The van der Waals surface area contributed by atoms with Crippen LogP contribution in [0.15, 0.2) is 24.5 Å². The van der Waals surface area contributed by atoms with Crippen molar-refractivity contribution >= 4 is 22.4 Å². The van der Waals surface area contributed by atoms with E-state index in [4.69, 9.17) is 5.73 Å². The molecule has 1 fully saturated rings. The fourth-order valence-electron chi connectivity index (χ4n) is 2.59. The lowest BCUT2D eigenvalue weighted by molar-refractivity contribution is 0.380. The van der Waals surface area contributed by atoms with Crippen LogP contribution in [0.25, 0.3) is 10.9 Å². The van der Waals surface area contributed by atoms with Gasteiger partial charge in [-0.2, -0.15) is 0 Å². The van der Waals surface area contributed by atoms with Crippen LogP contribution in [0.3, 0.4) is 0 Å². The number of nitrogens with two attached hydrogens (primary N) is 1. The molecule has 0 amide bonds. The maximum absolute atomic E-state index is 5.79. The molecule has 0 radical (unpaired) electrons. The zero-order valence-corrected chi connectivity index (χ0v) is 11.5. The lowest BCUT2D eigenvalue weighted by Gasteiger charge is -2.20. The number of aromatic nitrogens is 2. The summed E-state index contributed by atoms with van der Waals surface area (Å²) in [6.45, 7) is 5.59. The second kappa shape index (κ2) is 4.37. The number of anilines is 2. The van der Waals surface area contributed by atoms with Crippen LogP contribution in [-0.4, -0.2) is 16.5 Å². The Labute approximate surface area is 113 Å². The second-order valence-corrected chi connectivity index (χ2v) is 5.87. The highest BCUT2D eigenvalue weighted by Gasteiger charge is 2.45. The molecular formula is C15H20N4. The van der Waals surface area contributed by atoms with Crippen LogP contribution in [0.1, 0.15) is 26.7 Å². The zero-order chi connectivity index (χ0) is 13.5. The van der Waals surface area contributed by atoms with Gasteiger partial charge in [0.05, 0.1) is 5.52 Å². The van der Waals surface area contributed by atoms with E-state index >= 15 is 0 Å². The molecule has 19 heavy (non-hydrogen) atoms. The Morgan fingerprint density at radius 1 is 1.32 bits per heavy atom. The average molecular weight is 256 g/mol. The molecule has 4 nitrogen and oxygen atoms in total. The molecule has 1 heterocycles. The van der Waals surface area contributed by atoms with Gasteiger partial charge in [0.25, 0.3) is 0 Å². The van der Waals surface area contributed by atoms with Crippen molar-refractivity contribution in [2.24, 2.45) is 11.3 Å². The van der Waals surface area contributed by atoms with Crippen molar-refractivity contribution in [3.8, 4) is 0 Å². The van der Waals surface area contributed by atoms with Gasteiger partial charge in [-0.15, -0.1) is 0 Å². The second-order valence-electron chi connectivity index (χ2n) is 5.87. The summed E-state index contributed by atoms with van der Waals surface area (Å²) in [7, 11) is 0. The summed E-state index contributed by atoms with van der Waals surface area (Å²) in [4.78, 5) is 8.63. The van der Waals surface area contributed by atoms with Crippen LogP contribution >= 0.6 is 0 Å². The van der Waals surface area contributed by atoms with E-state index in [1.54, 1.807) is 6.33 Å². The molecule has 0 aliphatic heterocycles. The predicted octanol–water partition coefficient (Wildman–Crippen LogP) is 3.06. The molecule has 1 aliphatic rings. The van der Waals surface area contributed by atoms with Crippen LogP contribution < -0.4 is 11.1 Å². The first-order chi connectivity index (χ1) is 9.11. The van der Waals surface area contributed by atoms with E-state index in [1.165, 1.54) is 12.8 Å². The summed E-state index contributed by atoms with van der Waals surface area (Å²) in [5.74, 6) is 1.63. The SMILES string of the molecule is CC(C)C1(CNc2ncnc3cc(N)ccc23)CC1. The van der Waals surface area contributed by atoms with Crippen LogP contribution in [0.2, 0.25) is 0 Å². The molecule has 0 atom stereocenters. The highest BCUT2D eigenvalue weighted by molar-refractivity contribution is 5.90. The van der Waals surface area contributed by atoms with Crippen LogP contribution in [0.5, 0.6) is 0 Å². The van der Waals surface area contributed by atoms with Crippen molar-refractivity contribution in [1.82, 2.24) is 9.97 Å². The highest BCUT2D eigenvalue weighted by atomic mass is 15.0. The molecule has 3 rings (SSSR count). The standard InChI is InChI=1S/C15H20N4/c1-10(2)15(5-6-15)8-17-14-12-4-3-11(16)7-13(12)18-9-19-14/h3-4,7,9-10H,5-6,8,16H2,1-2H3,(H,17,18,19). The van der Waals surface area contributed by atoms with Gasteiger partial charge in [-0.3, -0.25) is 0 Å². The van der Waals surface area contributed by atoms with Gasteiger partial charge in [0.1, 0.15) is 12.1 Å². The number of benzene rings is 1. The Bertz CT molecular complexity index is 602. The molecule has 2 aromatic rings. The predicted molar refractivity (Wildman–Crippen MR) is 78.9 cm³/mol. The smallest absolute Gasteiger partial charge is 0.137 e.